The van der Waals surface area contributed by atoms with E-state index < -0.39 is 0 Å². The number of aliphatic hydroxyl groups is 1. The van der Waals surface area contributed by atoms with Crippen LogP contribution in [0, 0.1) is 0 Å². The van der Waals surface area contributed by atoms with Crippen molar-refractivity contribution >= 4 is 11.6 Å². The van der Waals surface area contributed by atoms with E-state index >= 15 is 0 Å². The number of benzene rings is 2. The van der Waals surface area contributed by atoms with Gasteiger partial charge in [-0.1, -0.05) is 59.1 Å². The number of hydrogen-bond acceptors (Lipinski definition) is 5. The maximum Gasteiger partial charge on any atom is 0.224 e. The van der Waals surface area contributed by atoms with Gasteiger partial charge in [-0.15, -0.1) is 0 Å². The first-order valence-electron chi connectivity index (χ1n) is 12.0. The lowest BCUT2D eigenvalue weighted by Crippen LogP contribution is -2.21. The summed E-state index contributed by atoms with van der Waals surface area (Å²) in [5.74, 6) is 1.79. The maximum absolute atomic E-state index is 13.4. The molecule has 1 amide bonds. The first-order chi connectivity index (χ1) is 16.2. The second-order valence-corrected chi connectivity index (χ2v) is 9.68. The molecule has 188 valence electrons. The molecule has 0 aliphatic heterocycles. The van der Waals surface area contributed by atoms with Gasteiger partial charge in [0.25, 0.3) is 0 Å². The Morgan fingerprint density at radius 1 is 1.00 bits per heavy atom. The molecule has 2 rings (SSSR count). The number of unbranched alkanes of at least 4 members (excludes halogenated alkanes) is 2. The van der Waals surface area contributed by atoms with Gasteiger partial charge in [0.1, 0.15) is 17.2 Å². The normalized spacial score (nSPS) is 12.2. The average molecular weight is 472 g/mol. The maximum atomic E-state index is 13.4. The van der Waals surface area contributed by atoms with Crippen LogP contribution < -0.4 is 19.5 Å². The summed E-state index contributed by atoms with van der Waals surface area (Å²) in [5, 5.41) is 12.7. The van der Waals surface area contributed by atoms with Crippen LogP contribution in [0.15, 0.2) is 30.3 Å². The largest absolute Gasteiger partial charge is 0.496 e. The summed E-state index contributed by atoms with van der Waals surface area (Å²) in [6.45, 7) is 8.41. The molecule has 2 N–H and O–H groups in total. The highest BCUT2D eigenvalue weighted by Gasteiger charge is 2.26. The van der Waals surface area contributed by atoms with E-state index in [-0.39, 0.29) is 30.3 Å². The van der Waals surface area contributed by atoms with Crippen LogP contribution in [0.25, 0.3) is 0 Å². The molecule has 0 heterocycles. The molecule has 0 aliphatic rings. The highest BCUT2D eigenvalue weighted by Crippen LogP contribution is 2.43. The third-order valence-electron chi connectivity index (χ3n) is 6.10. The van der Waals surface area contributed by atoms with Gasteiger partial charge in [-0.3, -0.25) is 4.79 Å². The Labute approximate surface area is 204 Å². The smallest absolute Gasteiger partial charge is 0.224 e. The van der Waals surface area contributed by atoms with Crippen LogP contribution in [0.4, 0.5) is 5.69 Å². The Morgan fingerprint density at radius 2 is 1.65 bits per heavy atom. The van der Waals surface area contributed by atoms with Gasteiger partial charge in [0.2, 0.25) is 5.91 Å². The zero-order valence-corrected chi connectivity index (χ0v) is 21.8. The van der Waals surface area contributed by atoms with Gasteiger partial charge in [0, 0.05) is 29.8 Å². The van der Waals surface area contributed by atoms with Crippen molar-refractivity contribution in [3.05, 3.63) is 47.0 Å². The lowest BCUT2D eigenvalue weighted by molar-refractivity contribution is -0.116. The van der Waals surface area contributed by atoms with Gasteiger partial charge < -0.3 is 24.6 Å². The number of hydrogen-bond donors (Lipinski definition) is 2. The molecule has 6 nitrogen and oxygen atoms in total. The summed E-state index contributed by atoms with van der Waals surface area (Å²) < 4.78 is 16.8. The molecule has 1 atom stereocenters. The third-order valence-corrected chi connectivity index (χ3v) is 6.10. The molecule has 2 aromatic carbocycles. The van der Waals surface area contributed by atoms with E-state index in [0.717, 1.165) is 48.1 Å². The van der Waals surface area contributed by atoms with E-state index in [1.807, 2.05) is 30.3 Å². The minimum absolute atomic E-state index is 0.0762. The second kappa shape index (κ2) is 12.7. The van der Waals surface area contributed by atoms with Crippen molar-refractivity contribution in [2.24, 2.45) is 0 Å². The number of aliphatic hydroxyl groups excluding tert-OH is 1. The van der Waals surface area contributed by atoms with Gasteiger partial charge in [-0.2, -0.15) is 0 Å². The molecule has 6 heteroatoms. The second-order valence-electron chi connectivity index (χ2n) is 9.68. The summed E-state index contributed by atoms with van der Waals surface area (Å²) in [6.07, 6.45) is 4.31. The molecule has 0 bridgehead atoms. The molecule has 0 aliphatic carbocycles. The van der Waals surface area contributed by atoms with Crippen LogP contribution >= 0.6 is 0 Å². The molecule has 0 saturated carbocycles. The Hall–Kier alpha value is -2.73. The lowest BCUT2D eigenvalue weighted by atomic mass is 9.85. The van der Waals surface area contributed by atoms with Gasteiger partial charge in [-0.05, 0) is 34.9 Å². The van der Waals surface area contributed by atoms with E-state index in [1.54, 1.807) is 21.3 Å². The standard InChI is InChI=1S/C28H41NO5/c1-8-9-10-11-20(27-24(33-6)16-21(32-5)17-25(27)34-7)15-26(31)29-23-14-19(18-30)12-13-22(23)28(2,3)4/h12-14,16-17,20,30H,8-11,15,18H2,1-7H3,(H,29,31). The Morgan fingerprint density at radius 3 is 2.15 bits per heavy atom. The van der Waals surface area contributed by atoms with Crippen LogP contribution in [0.5, 0.6) is 17.2 Å². The Kier molecular flexibility index (Phi) is 10.2. The molecule has 34 heavy (non-hydrogen) atoms. The molecular weight excluding hydrogens is 430 g/mol. The first kappa shape index (κ1) is 27.5. The lowest BCUT2D eigenvalue weighted by Gasteiger charge is -2.25. The van der Waals surface area contributed by atoms with E-state index in [4.69, 9.17) is 14.2 Å². The summed E-state index contributed by atoms with van der Waals surface area (Å²) in [5.41, 5.74) is 3.27. The number of amides is 1. The number of nitrogens with one attached hydrogen (secondary N) is 1. The summed E-state index contributed by atoms with van der Waals surface area (Å²) in [7, 11) is 4.85. The number of carbonyl (C=O) groups is 1. The number of methoxy groups -OCH3 is 3. The van der Waals surface area contributed by atoms with Crippen molar-refractivity contribution in [3.8, 4) is 17.2 Å². The number of anilines is 1. The quantitative estimate of drug-likeness (QED) is 0.361. The van der Waals surface area contributed by atoms with Crippen molar-refractivity contribution < 1.29 is 24.1 Å². The summed E-state index contributed by atoms with van der Waals surface area (Å²) in [4.78, 5) is 13.4. The SMILES string of the molecule is CCCCCC(CC(=O)Nc1cc(CO)ccc1C(C)(C)C)c1c(OC)cc(OC)cc1OC. The van der Waals surface area contributed by atoms with Crippen molar-refractivity contribution in [1.29, 1.82) is 0 Å². The molecule has 1 unspecified atom stereocenters. The van der Waals surface area contributed by atoms with Gasteiger partial charge >= 0.3 is 0 Å². The van der Waals surface area contributed by atoms with Crippen LogP contribution in [-0.4, -0.2) is 32.3 Å². The predicted octanol–water partition coefficient (Wildman–Crippen LogP) is 6.19. The third kappa shape index (κ3) is 7.13. The zero-order valence-electron chi connectivity index (χ0n) is 21.8. The molecule has 0 radical (unpaired) electrons. The zero-order chi connectivity index (χ0) is 25.3. The minimum atomic E-state index is -0.153. The molecule has 2 aromatic rings. The first-order valence-corrected chi connectivity index (χ1v) is 12.0. The molecule has 0 saturated heterocycles. The van der Waals surface area contributed by atoms with Gasteiger partial charge in [0.15, 0.2) is 0 Å². The number of carbonyl (C=O) groups excluding carboxylic acids is 1. The fourth-order valence-electron chi connectivity index (χ4n) is 4.30. The number of ether oxygens (including phenoxy) is 3. The van der Waals surface area contributed by atoms with Gasteiger partial charge in [-0.25, -0.2) is 0 Å². The molecule has 0 spiro atoms. The van der Waals surface area contributed by atoms with Crippen molar-refractivity contribution in [3.63, 3.8) is 0 Å². The fourth-order valence-corrected chi connectivity index (χ4v) is 4.30. The summed E-state index contributed by atoms with van der Waals surface area (Å²) in [6, 6.07) is 9.42. The molecule has 0 fully saturated rings. The van der Waals surface area contributed by atoms with E-state index in [1.165, 1.54) is 0 Å². The van der Waals surface area contributed by atoms with Crippen molar-refractivity contribution in [2.75, 3.05) is 26.6 Å². The fraction of sp³-hybridized carbons (Fsp3) is 0.536. The van der Waals surface area contributed by atoms with Crippen LogP contribution in [0.3, 0.4) is 0 Å². The van der Waals surface area contributed by atoms with Crippen LogP contribution in [0.1, 0.15) is 82.4 Å². The monoisotopic (exact) mass is 471 g/mol. The summed E-state index contributed by atoms with van der Waals surface area (Å²) >= 11 is 0. The topological polar surface area (TPSA) is 77.0 Å². The Bertz CT molecular complexity index is 923. The molecular formula is C28H41NO5. The van der Waals surface area contributed by atoms with Crippen molar-refractivity contribution in [1.82, 2.24) is 0 Å². The van der Waals surface area contributed by atoms with Crippen LogP contribution in [0.2, 0.25) is 0 Å². The van der Waals surface area contributed by atoms with E-state index in [9.17, 15) is 9.90 Å². The highest BCUT2D eigenvalue weighted by molar-refractivity contribution is 5.92. The minimum Gasteiger partial charge on any atom is -0.496 e. The Balaban J connectivity index is 2.41. The average Bonchev–Trinajstić information content (AvgIpc) is 2.81. The predicted molar refractivity (Wildman–Crippen MR) is 137 cm³/mol. The number of rotatable bonds is 12. The van der Waals surface area contributed by atoms with Crippen LogP contribution in [-0.2, 0) is 16.8 Å². The van der Waals surface area contributed by atoms with E-state index in [0.29, 0.717) is 17.2 Å². The molecule has 0 aromatic heterocycles. The van der Waals surface area contributed by atoms with Crippen molar-refractivity contribution in [2.45, 2.75) is 77.7 Å². The highest BCUT2D eigenvalue weighted by atomic mass is 16.5. The van der Waals surface area contributed by atoms with Gasteiger partial charge in [0.05, 0.1) is 27.9 Å². The van der Waals surface area contributed by atoms with E-state index in [2.05, 4.69) is 33.0 Å².